The summed E-state index contributed by atoms with van der Waals surface area (Å²) in [5.41, 5.74) is 1.62. The zero-order chi connectivity index (χ0) is 14.5. The summed E-state index contributed by atoms with van der Waals surface area (Å²) in [5.74, 6) is -1.02. The highest BCUT2D eigenvalue weighted by Crippen LogP contribution is 2.28. The van der Waals surface area contributed by atoms with Crippen LogP contribution >= 0.6 is 11.6 Å². The predicted molar refractivity (Wildman–Crippen MR) is 79.4 cm³/mol. The van der Waals surface area contributed by atoms with Crippen LogP contribution in [0.2, 0.25) is 5.02 Å². The minimum atomic E-state index is -1.02. The number of halogens is 1. The highest BCUT2D eigenvalue weighted by molar-refractivity contribution is 6.34. The molecule has 0 atom stereocenters. The van der Waals surface area contributed by atoms with E-state index in [0.29, 0.717) is 18.8 Å². The van der Waals surface area contributed by atoms with Crippen molar-refractivity contribution in [3.8, 4) is 0 Å². The fourth-order valence-corrected chi connectivity index (χ4v) is 2.29. The van der Waals surface area contributed by atoms with E-state index in [-0.39, 0.29) is 10.6 Å². The quantitative estimate of drug-likeness (QED) is 0.916. The average Bonchev–Trinajstić information content (AvgIpc) is 2.45. The second kappa shape index (κ2) is 6.39. The smallest absolute Gasteiger partial charge is 0.339 e. The molecule has 0 aliphatic heterocycles. The predicted octanol–water partition coefficient (Wildman–Crippen LogP) is 3.46. The first-order chi connectivity index (χ1) is 9.63. The summed E-state index contributed by atoms with van der Waals surface area (Å²) in [6.45, 7) is 3.17. The van der Waals surface area contributed by atoms with Crippen LogP contribution in [0.4, 0.5) is 5.69 Å². The first kappa shape index (κ1) is 14.3. The lowest BCUT2D eigenvalue weighted by atomic mass is 10.1. The van der Waals surface area contributed by atoms with E-state index < -0.39 is 5.97 Å². The molecule has 2 aromatic rings. The molecule has 0 radical (unpaired) electrons. The van der Waals surface area contributed by atoms with Gasteiger partial charge in [-0.2, -0.15) is 0 Å². The fraction of sp³-hybridized carbons (Fsp3) is 0.200. The lowest BCUT2D eigenvalue weighted by molar-refractivity contribution is 0.0697. The Morgan fingerprint density at radius 3 is 2.70 bits per heavy atom. The number of carboxylic acid groups (broad SMARTS) is 1. The molecule has 1 N–H and O–H groups in total. The summed E-state index contributed by atoms with van der Waals surface area (Å²) in [4.78, 5) is 17.6. The molecular weight excluding hydrogens is 276 g/mol. The van der Waals surface area contributed by atoms with Gasteiger partial charge in [0.1, 0.15) is 5.56 Å². The molecule has 4 nitrogen and oxygen atoms in total. The third kappa shape index (κ3) is 3.08. The van der Waals surface area contributed by atoms with Crippen LogP contribution in [-0.4, -0.2) is 22.6 Å². The van der Waals surface area contributed by atoms with Gasteiger partial charge in [0.2, 0.25) is 0 Å². The molecule has 0 saturated carbocycles. The Morgan fingerprint density at radius 1 is 1.30 bits per heavy atom. The standard InChI is InChI=1S/C15H15ClN2O2/c1-2-18(10-11-6-3-4-9-17-11)13-8-5-7-12(16)14(13)15(19)20/h3-9H,2,10H2,1H3,(H,19,20). The Balaban J connectivity index is 2.37. The lowest BCUT2D eigenvalue weighted by Crippen LogP contribution is -2.24. The number of anilines is 1. The molecule has 0 bridgehead atoms. The van der Waals surface area contributed by atoms with E-state index in [9.17, 15) is 9.90 Å². The summed E-state index contributed by atoms with van der Waals surface area (Å²) in [6, 6.07) is 10.8. The highest BCUT2D eigenvalue weighted by atomic mass is 35.5. The molecular formula is C15H15ClN2O2. The lowest BCUT2D eigenvalue weighted by Gasteiger charge is -2.24. The van der Waals surface area contributed by atoms with Crippen molar-refractivity contribution in [2.45, 2.75) is 13.5 Å². The van der Waals surface area contributed by atoms with Gasteiger partial charge in [-0.15, -0.1) is 0 Å². The maximum atomic E-state index is 11.4. The van der Waals surface area contributed by atoms with Crippen molar-refractivity contribution in [3.63, 3.8) is 0 Å². The van der Waals surface area contributed by atoms with E-state index in [0.717, 1.165) is 5.69 Å². The number of carboxylic acids is 1. The fourth-order valence-electron chi connectivity index (χ4n) is 2.04. The molecule has 0 amide bonds. The number of aromatic carboxylic acids is 1. The molecule has 5 heteroatoms. The van der Waals surface area contributed by atoms with E-state index in [2.05, 4.69) is 4.98 Å². The van der Waals surface area contributed by atoms with Gasteiger partial charge in [0.25, 0.3) is 0 Å². The summed E-state index contributed by atoms with van der Waals surface area (Å²) < 4.78 is 0. The number of hydrogen-bond acceptors (Lipinski definition) is 3. The summed E-state index contributed by atoms with van der Waals surface area (Å²) in [6.07, 6.45) is 1.72. The molecule has 1 heterocycles. The van der Waals surface area contributed by atoms with Crippen LogP contribution < -0.4 is 4.90 Å². The van der Waals surface area contributed by atoms with Crippen molar-refractivity contribution < 1.29 is 9.90 Å². The van der Waals surface area contributed by atoms with Crippen LogP contribution in [0.1, 0.15) is 23.0 Å². The maximum absolute atomic E-state index is 11.4. The van der Waals surface area contributed by atoms with Crippen LogP contribution in [-0.2, 0) is 6.54 Å². The molecule has 0 aliphatic rings. The van der Waals surface area contributed by atoms with E-state index in [1.807, 2.05) is 30.0 Å². The van der Waals surface area contributed by atoms with E-state index in [1.165, 1.54) is 0 Å². The molecule has 0 aliphatic carbocycles. The summed E-state index contributed by atoms with van der Waals surface area (Å²) >= 11 is 6.01. The van der Waals surface area contributed by atoms with Crippen LogP contribution in [0.15, 0.2) is 42.6 Å². The van der Waals surface area contributed by atoms with Crippen LogP contribution in [0.25, 0.3) is 0 Å². The van der Waals surface area contributed by atoms with E-state index >= 15 is 0 Å². The first-order valence-electron chi connectivity index (χ1n) is 6.30. The van der Waals surface area contributed by atoms with Gasteiger partial charge in [0, 0.05) is 12.7 Å². The van der Waals surface area contributed by atoms with E-state index in [4.69, 9.17) is 11.6 Å². The number of carbonyl (C=O) groups is 1. The minimum absolute atomic E-state index is 0.131. The molecule has 0 unspecified atom stereocenters. The van der Waals surface area contributed by atoms with Crippen LogP contribution in [0, 0.1) is 0 Å². The third-order valence-corrected chi connectivity index (χ3v) is 3.32. The van der Waals surface area contributed by atoms with Gasteiger partial charge >= 0.3 is 5.97 Å². The van der Waals surface area contributed by atoms with Crippen molar-refractivity contribution in [2.24, 2.45) is 0 Å². The van der Waals surface area contributed by atoms with Crippen molar-refractivity contribution in [2.75, 3.05) is 11.4 Å². The molecule has 0 saturated heterocycles. The Kier molecular flexibility index (Phi) is 4.58. The van der Waals surface area contributed by atoms with Gasteiger partial charge in [-0.25, -0.2) is 4.79 Å². The number of aromatic nitrogens is 1. The highest BCUT2D eigenvalue weighted by Gasteiger charge is 2.18. The molecule has 0 spiro atoms. The van der Waals surface area contributed by atoms with E-state index in [1.54, 1.807) is 24.4 Å². The number of rotatable bonds is 5. The zero-order valence-corrected chi connectivity index (χ0v) is 11.8. The third-order valence-electron chi connectivity index (χ3n) is 3.01. The Labute approximate surface area is 122 Å². The summed E-state index contributed by atoms with van der Waals surface area (Å²) in [5, 5.41) is 9.58. The second-order valence-electron chi connectivity index (χ2n) is 4.27. The van der Waals surface area contributed by atoms with Crippen molar-refractivity contribution >= 4 is 23.3 Å². The normalized spacial score (nSPS) is 10.3. The number of benzene rings is 1. The minimum Gasteiger partial charge on any atom is -0.478 e. The second-order valence-corrected chi connectivity index (χ2v) is 4.68. The largest absolute Gasteiger partial charge is 0.478 e. The number of hydrogen-bond donors (Lipinski definition) is 1. The number of pyridine rings is 1. The van der Waals surface area contributed by atoms with Gasteiger partial charge in [-0.3, -0.25) is 4.98 Å². The van der Waals surface area contributed by atoms with Gasteiger partial charge in [-0.05, 0) is 31.2 Å². The van der Waals surface area contributed by atoms with Gasteiger partial charge in [0.05, 0.1) is 22.9 Å². The molecule has 1 aromatic heterocycles. The average molecular weight is 291 g/mol. The zero-order valence-electron chi connectivity index (χ0n) is 11.1. The summed E-state index contributed by atoms with van der Waals surface area (Å²) in [7, 11) is 0. The molecule has 2 rings (SSSR count). The Hall–Kier alpha value is -2.07. The topological polar surface area (TPSA) is 53.4 Å². The van der Waals surface area contributed by atoms with Crippen molar-refractivity contribution in [3.05, 3.63) is 58.9 Å². The molecule has 104 valence electrons. The number of nitrogens with zero attached hydrogens (tertiary/aromatic N) is 2. The van der Waals surface area contributed by atoms with Gasteiger partial charge in [0.15, 0.2) is 0 Å². The Morgan fingerprint density at radius 2 is 2.10 bits per heavy atom. The van der Waals surface area contributed by atoms with Gasteiger partial charge in [-0.1, -0.05) is 23.7 Å². The van der Waals surface area contributed by atoms with Crippen LogP contribution in [0.3, 0.4) is 0 Å². The monoisotopic (exact) mass is 290 g/mol. The first-order valence-corrected chi connectivity index (χ1v) is 6.68. The van der Waals surface area contributed by atoms with Crippen LogP contribution in [0.5, 0.6) is 0 Å². The van der Waals surface area contributed by atoms with Crippen molar-refractivity contribution in [1.82, 2.24) is 4.98 Å². The van der Waals surface area contributed by atoms with Gasteiger partial charge < -0.3 is 10.0 Å². The Bertz CT molecular complexity index is 602. The molecule has 20 heavy (non-hydrogen) atoms. The molecule has 1 aromatic carbocycles. The SMILES string of the molecule is CCN(Cc1ccccn1)c1cccc(Cl)c1C(=O)O. The van der Waals surface area contributed by atoms with Crippen molar-refractivity contribution in [1.29, 1.82) is 0 Å². The molecule has 0 fully saturated rings. The maximum Gasteiger partial charge on any atom is 0.339 e.